The average molecular weight is 264 g/mol. The van der Waals surface area contributed by atoms with Crippen molar-refractivity contribution in [2.45, 2.75) is 13.3 Å². The molecule has 0 aliphatic heterocycles. The highest BCUT2D eigenvalue weighted by Crippen LogP contribution is 2.32. The third-order valence-corrected chi connectivity index (χ3v) is 2.89. The van der Waals surface area contributed by atoms with Gasteiger partial charge in [0.25, 0.3) is 0 Å². The molecule has 0 aliphatic rings. The van der Waals surface area contributed by atoms with E-state index in [1.807, 2.05) is 19.1 Å². The van der Waals surface area contributed by atoms with Crippen molar-refractivity contribution in [3.8, 4) is 5.75 Å². The van der Waals surface area contributed by atoms with Crippen molar-refractivity contribution < 1.29 is 23.8 Å². The van der Waals surface area contributed by atoms with E-state index in [1.54, 1.807) is 13.2 Å². The highest BCUT2D eigenvalue weighted by Gasteiger charge is 2.14. The first-order chi connectivity index (χ1) is 9.13. The van der Waals surface area contributed by atoms with E-state index in [4.69, 9.17) is 19.0 Å². The fourth-order valence-corrected chi connectivity index (χ4v) is 2.03. The van der Waals surface area contributed by atoms with Crippen LogP contribution in [0.4, 0.5) is 0 Å². The van der Waals surface area contributed by atoms with Gasteiger partial charge in [0.2, 0.25) is 0 Å². The third kappa shape index (κ3) is 2.88. The van der Waals surface area contributed by atoms with Crippen LogP contribution in [0.25, 0.3) is 11.0 Å². The number of ether oxygens (including phenoxy) is 2. The number of carboxylic acids is 1. The maximum atomic E-state index is 10.6. The van der Waals surface area contributed by atoms with Crippen LogP contribution in [0, 0.1) is 6.92 Å². The lowest BCUT2D eigenvalue weighted by atomic mass is 10.1. The van der Waals surface area contributed by atoms with Gasteiger partial charge in [0.1, 0.15) is 5.76 Å². The van der Waals surface area contributed by atoms with E-state index in [-0.39, 0.29) is 6.61 Å². The lowest BCUT2D eigenvalue weighted by molar-refractivity contribution is -0.139. The van der Waals surface area contributed by atoms with E-state index in [0.717, 1.165) is 23.1 Å². The van der Waals surface area contributed by atoms with Gasteiger partial charge in [0, 0.05) is 18.1 Å². The van der Waals surface area contributed by atoms with Crippen molar-refractivity contribution in [1.82, 2.24) is 0 Å². The predicted octanol–water partition coefficient (Wildman–Crippen LogP) is 2.39. The van der Waals surface area contributed by atoms with Gasteiger partial charge in [-0.1, -0.05) is 12.1 Å². The lowest BCUT2D eigenvalue weighted by Crippen LogP contribution is -2.09. The molecular weight excluding hydrogens is 248 g/mol. The van der Waals surface area contributed by atoms with Crippen molar-refractivity contribution in [3.05, 3.63) is 29.5 Å². The molecule has 0 saturated heterocycles. The summed E-state index contributed by atoms with van der Waals surface area (Å²) >= 11 is 0. The fraction of sp³-hybridized carbons (Fsp3) is 0.357. The lowest BCUT2D eigenvalue weighted by Gasteiger charge is -2.03. The summed E-state index contributed by atoms with van der Waals surface area (Å²) in [5, 5.41) is 9.59. The molecular formula is C14H16O5. The number of benzene rings is 1. The Balaban J connectivity index is 2.37. The molecule has 1 aromatic heterocycles. The average Bonchev–Trinajstić information content (AvgIpc) is 2.70. The molecule has 102 valence electrons. The van der Waals surface area contributed by atoms with Crippen LogP contribution in [0.2, 0.25) is 0 Å². The number of carboxylic acid groups (broad SMARTS) is 1. The molecule has 0 atom stereocenters. The van der Waals surface area contributed by atoms with Gasteiger partial charge >= 0.3 is 5.97 Å². The van der Waals surface area contributed by atoms with E-state index in [1.165, 1.54) is 0 Å². The summed E-state index contributed by atoms with van der Waals surface area (Å²) in [5.41, 5.74) is 1.66. The van der Waals surface area contributed by atoms with E-state index in [9.17, 15) is 4.79 Å². The molecule has 2 rings (SSSR count). The summed E-state index contributed by atoms with van der Waals surface area (Å²) in [6.07, 6.45) is 0.748. The monoisotopic (exact) mass is 264 g/mol. The number of hydrogen-bond donors (Lipinski definition) is 1. The van der Waals surface area contributed by atoms with Crippen LogP contribution in [0.3, 0.4) is 0 Å². The Morgan fingerprint density at radius 2 is 2.21 bits per heavy atom. The number of rotatable bonds is 6. The number of para-hydroxylation sites is 1. The van der Waals surface area contributed by atoms with Crippen LogP contribution < -0.4 is 4.74 Å². The van der Waals surface area contributed by atoms with Gasteiger partial charge in [-0.05, 0) is 19.4 Å². The number of aliphatic carboxylic acids is 1. The second-order valence-corrected chi connectivity index (χ2v) is 4.19. The quantitative estimate of drug-likeness (QED) is 0.867. The van der Waals surface area contributed by atoms with Crippen molar-refractivity contribution in [1.29, 1.82) is 0 Å². The molecule has 0 amide bonds. The molecule has 0 unspecified atom stereocenters. The van der Waals surface area contributed by atoms with Crippen molar-refractivity contribution in [2.24, 2.45) is 0 Å². The first kappa shape index (κ1) is 13.4. The largest absolute Gasteiger partial charge is 0.479 e. The van der Waals surface area contributed by atoms with E-state index >= 15 is 0 Å². The summed E-state index contributed by atoms with van der Waals surface area (Å²) < 4.78 is 16.0. The van der Waals surface area contributed by atoms with Crippen LogP contribution in [-0.2, 0) is 16.0 Å². The minimum atomic E-state index is -1.01. The molecule has 1 aromatic carbocycles. The molecule has 0 bridgehead atoms. The fourth-order valence-electron chi connectivity index (χ4n) is 2.03. The van der Waals surface area contributed by atoms with Crippen molar-refractivity contribution in [2.75, 3.05) is 20.3 Å². The van der Waals surface area contributed by atoms with Gasteiger partial charge in [-0.3, -0.25) is 0 Å². The Morgan fingerprint density at radius 3 is 2.89 bits per heavy atom. The number of hydrogen-bond acceptors (Lipinski definition) is 4. The minimum absolute atomic E-state index is 0.383. The standard InChI is InChI=1S/C14H16O5/c1-9-10(6-7-17-2)11-4-3-5-12(14(11)19-9)18-8-13(15)16/h3-5H,6-8H2,1-2H3,(H,15,16). The number of methoxy groups -OCH3 is 1. The normalized spacial score (nSPS) is 10.8. The predicted molar refractivity (Wildman–Crippen MR) is 69.7 cm³/mol. The third-order valence-electron chi connectivity index (χ3n) is 2.89. The zero-order valence-electron chi connectivity index (χ0n) is 10.9. The smallest absolute Gasteiger partial charge is 0.341 e. The summed E-state index contributed by atoms with van der Waals surface area (Å²) in [6, 6.07) is 5.46. The Hall–Kier alpha value is -2.01. The maximum absolute atomic E-state index is 10.6. The number of aryl methyl sites for hydroxylation is 1. The molecule has 19 heavy (non-hydrogen) atoms. The molecule has 0 spiro atoms. The topological polar surface area (TPSA) is 68.9 Å². The van der Waals surface area contributed by atoms with Crippen LogP contribution in [0.5, 0.6) is 5.75 Å². The van der Waals surface area contributed by atoms with Crippen LogP contribution >= 0.6 is 0 Å². The molecule has 0 aliphatic carbocycles. The van der Waals surface area contributed by atoms with Crippen molar-refractivity contribution >= 4 is 16.9 Å². The van der Waals surface area contributed by atoms with Gasteiger partial charge in [-0.15, -0.1) is 0 Å². The van der Waals surface area contributed by atoms with Crippen LogP contribution in [0.1, 0.15) is 11.3 Å². The van der Waals surface area contributed by atoms with E-state index in [2.05, 4.69) is 0 Å². The minimum Gasteiger partial charge on any atom is -0.479 e. The van der Waals surface area contributed by atoms with Gasteiger partial charge in [0.05, 0.1) is 6.61 Å². The maximum Gasteiger partial charge on any atom is 0.341 e. The Morgan fingerprint density at radius 1 is 1.42 bits per heavy atom. The Labute approximate surface area is 110 Å². The number of fused-ring (bicyclic) bond motifs is 1. The van der Waals surface area contributed by atoms with E-state index < -0.39 is 5.97 Å². The van der Waals surface area contributed by atoms with Gasteiger partial charge in [-0.25, -0.2) is 4.79 Å². The molecule has 0 radical (unpaired) electrons. The molecule has 2 aromatic rings. The second kappa shape index (κ2) is 5.75. The van der Waals surface area contributed by atoms with Crippen molar-refractivity contribution in [3.63, 3.8) is 0 Å². The summed E-state index contributed by atoms with van der Waals surface area (Å²) in [6.45, 7) is 2.11. The second-order valence-electron chi connectivity index (χ2n) is 4.19. The number of carbonyl (C=O) groups is 1. The van der Waals surface area contributed by atoms with Crippen LogP contribution in [-0.4, -0.2) is 31.4 Å². The molecule has 0 saturated carbocycles. The summed E-state index contributed by atoms with van der Waals surface area (Å²) in [7, 11) is 1.65. The van der Waals surface area contributed by atoms with Gasteiger partial charge in [-0.2, -0.15) is 0 Å². The van der Waals surface area contributed by atoms with Gasteiger partial charge in [0.15, 0.2) is 17.9 Å². The van der Waals surface area contributed by atoms with Gasteiger partial charge < -0.3 is 19.0 Å². The van der Waals surface area contributed by atoms with Crippen LogP contribution in [0.15, 0.2) is 22.6 Å². The first-order valence-electron chi connectivity index (χ1n) is 5.98. The molecule has 0 fully saturated rings. The number of furan rings is 1. The SMILES string of the molecule is COCCc1c(C)oc2c(OCC(=O)O)cccc12. The molecule has 1 N–H and O–H groups in total. The van der Waals surface area contributed by atoms with E-state index in [0.29, 0.717) is 17.9 Å². The molecule has 5 heteroatoms. The zero-order valence-corrected chi connectivity index (χ0v) is 10.9. The first-order valence-corrected chi connectivity index (χ1v) is 5.98. The highest BCUT2D eigenvalue weighted by atomic mass is 16.5. The Bertz CT molecular complexity index is 585. The highest BCUT2D eigenvalue weighted by molar-refractivity contribution is 5.87. The molecule has 5 nitrogen and oxygen atoms in total. The zero-order chi connectivity index (χ0) is 13.8. The summed E-state index contributed by atoms with van der Waals surface area (Å²) in [5.74, 6) is 0.241. The Kier molecular flexibility index (Phi) is 4.06. The summed E-state index contributed by atoms with van der Waals surface area (Å²) in [4.78, 5) is 10.6. The molecule has 1 heterocycles.